The van der Waals surface area contributed by atoms with E-state index in [1.54, 1.807) is 18.2 Å². The first-order chi connectivity index (χ1) is 10.0. The molecule has 2 N–H and O–H groups in total. The molecule has 0 saturated carbocycles. The number of halogens is 4. The maximum Gasteiger partial charge on any atom is 0.337 e. The van der Waals surface area contributed by atoms with Gasteiger partial charge in [0.15, 0.2) is 0 Å². The second kappa shape index (κ2) is 9.90. The Bertz CT molecular complexity index is 651. The SMILES string of the molecule is C=II.O=C(O)c1cccc(Br)c1Nc1ccccc1Br. The Labute approximate surface area is 159 Å². The van der Waals surface area contributed by atoms with Gasteiger partial charge in [-0.3, -0.25) is 0 Å². The van der Waals surface area contributed by atoms with Gasteiger partial charge in [-0.1, -0.05) is 39.5 Å². The van der Waals surface area contributed by atoms with E-state index in [1.165, 1.54) is 0 Å². The smallest absolute Gasteiger partial charge is 0.337 e. The lowest BCUT2D eigenvalue weighted by molar-refractivity contribution is 0.0698. The minimum atomic E-state index is -0.967. The molecular weight excluding hydrogens is 628 g/mol. The largest absolute Gasteiger partial charge is 0.478 e. The van der Waals surface area contributed by atoms with Gasteiger partial charge in [-0.15, -0.1) is 0 Å². The maximum absolute atomic E-state index is 11.2. The number of para-hydroxylation sites is 2. The summed E-state index contributed by atoms with van der Waals surface area (Å²) in [6.07, 6.45) is 0. The number of aromatic carboxylic acids is 1. The van der Waals surface area contributed by atoms with E-state index in [1.807, 2.05) is 24.3 Å². The Morgan fingerprint density at radius 3 is 2.29 bits per heavy atom. The average Bonchev–Trinajstić information content (AvgIpc) is 2.44. The second-order valence-electron chi connectivity index (χ2n) is 3.67. The number of rotatable bonds is 3. The molecule has 0 amide bonds. The summed E-state index contributed by atoms with van der Waals surface area (Å²) in [7, 11) is 0. The van der Waals surface area contributed by atoms with Crippen molar-refractivity contribution >= 4 is 89.1 Å². The molecule has 0 spiro atoms. The van der Waals surface area contributed by atoms with Crippen LogP contribution < -0.4 is 5.32 Å². The van der Waals surface area contributed by atoms with Gasteiger partial charge in [-0.2, -0.15) is 0 Å². The van der Waals surface area contributed by atoms with Gasteiger partial charge in [0.25, 0.3) is 0 Å². The lowest BCUT2D eigenvalue weighted by Crippen LogP contribution is -2.03. The summed E-state index contributed by atoms with van der Waals surface area (Å²) in [4.78, 5) is 11.2. The van der Waals surface area contributed by atoms with E-state index < -0.39 is 5.97 Å². The molecule has 0 aliphatic rings. The van der Waals surface area contributed by atoms with Crippen molar-refractivity contribution in [3.63, 3.8) is 0 Å². The van der Waals surface area contributed by atoms with Gasteiger partial charge < -0.3 is 10.4 Å². The van der Waals surface area contributed by atoms with Crippen LogP contribution in [0, 0.1) is 0 Å². The first kappa shape index (κ1) is 19.0. The monoisotopic (exact) mass is 637 g/mol. The van der Waals surface area contributed by atoms with Crippen LogP contribution >= 0.6 is 67.2 Å². The van der Waals surface area contributed by atoms with Crippen LogP contribution in [-0.2, 0) is 0 Å². The number of nitrogens with one attached hydrogen (secondary N) is 1. The van der Waals surface area contributed by atoms with Gasteiger partial charge in [0.05, 0.1) is 16.9 Å². The zero-order valence-electron chi connectivity index (χ0n) is 10.6. The van der Waals surface area contributed by atoms with Crippen LogP contribution in [0.25, 0.3) is 0 Å². The van der Waals surface area contributed by atoms with Crippen molar-refractivity contribution in [1.29, 1.82) is 0 Å². The molecule has 0 fully saturated rings. The molecule has 0 unspecified atom stereocenters. The van der Waals surface area contributed by atoms with Crippen molar-refractivity contribution in [3.8, 4) is 0 Å². The van der Waals surface area contributed by atoms with Gasteiger partial charge in [0, 0.05) is 8.95 Å². The summed E-state index contributed by atoms with van der Waals surface area (Å²) in [5, 5.41) is 12.3. The Morgan fingerprint density at radius 1 is 1.14 bits per heavy atom. The van der Waals surface area contributed by atoms with E-state index >= 15 is 0 Å². The predicted octanol–water partition coefficient (Wildman–Crippen LogP) is 6.39. The molecule has 2 aromatic carbocycles. The Kier molecular flexibility index (Phi) is 8.98. The molecule has 0 saturated heterocycles. The Hall–Kier alpha value is -0.0000000000000000555. The van der Waals surface area contributed by atoms with Crippen molar-refractivity contribution in [3.05, 3.63) is 57.0 Å². The zero-order chi connectivity index (χ0) is 15.8. The summed E-state index contributed by atoms with van der Waals surface area (Å²) in [5.74, 6) is -0.967. The van der Waals surface area contributed by atoms with Crippen LogP contribution in [0.3, 0.4) is 0 Å². The molecule has 21 heavy (non-hydrogen) atoms. The van der Waals surface area contributed by atoms with Gasteiger partial charge in [0.1, 0.15) is 0 Å². The fourth-order valence-electron chi connectivity index (χ4n) is 1.53. The van der Waals surface area contributed by atoms with E-state index in [0.717, 1.165) is 10.2 Å². The third-order valence-corrected chi connectivity index (χ3v) is 3.73. The molecule has 0 bridgehead atoms. The lowest BCUT2D eigenvalue weighted by Gasteiger charge is -2.12. The summed E-state index contributed by atoms with van der Waals surface area (Å²) in [5.41, 5.74) is 1.57. The standard InChI is InChI=1S/C13H9Br2NO2.CH2I2/c14-9-5-1-2-7-11(9)16-12-8(13(17)18)4-3-6-10(12)15;1-3-2/h1-7,16H,(H,17,18);1H2. The Balaban J connectivity index is 0.000000677. The number of benzene rings is 2. The normalized spacial score (nSPS) is 9.48. The van der Waals surface area contributed by atoms with Crippen molar-refractivity contribution in [2.45, 2.75) is 0 Å². The highest BCUT2D eigenvalue weighted by atomic mass is 128. The van der Waals surface area contributed by atoms with E-state index in [-0.39, 0.29) is 5.56 Å². The van der Waals surface area contributed by atoms with Crippen LogP contribution in [-0.4, -0.2) is 15.6 Å². The van der Waals surface area contributed by atoms with Crippen molar-refractivity contribution in [1.82, 2.24) is 0 Å². The number of hydrogen-bond acceptors (Lipinski definition) is 2. The second-order valence-corrected chi connectivity index (χ2v) is 9.83. The van der Waals surface area contributed by atoms with E-state index in [2.05, 4.69) is 60.3 Å². The summed E-state index contributed by atoms with van der Waals surface area (Å²) < 4.78 is 5.16. The first-order valence-electron chi connectivity index (χ1n) is 5.54. The highest BCUT2D eigenvalue weighted by Crippen LogP contribution is 2.32. The number of carboxylic acid groups (broad SMARTS) is 1. The summed E-state index contributed by atoms with van der Waals surface area (Å²) in [6.45, 7) is 0. The van der Waals surface area contributed by atoms with Gasteiger partial charge >= 0.3 is 5.97 Å². The van der Waals surface area contributed by atoms with E-state index in [4.69, 9.17) is 5.11 Å². The fourth-order valence-corrected chi connectivity index (χ4v) is 2.38. The average molecular weight is 639 g/mol. The molecule has 7 heteroatoms. The number of carbonyl (C=O) groups is 1. The topological polar surface area (TPSA) is 49.3 Å². The molecule has 0 atom stereocenters. The number of hydrogen-bond donors (Lipinski definition) is 2. The molecule has 2 rings (SSSR count). The summed E-state index contributed by atoms with van der Waals surface area (Å²) in [6, 6.07) is 12.6. The highest BCUT2D eigenvalue weighted by Gasteiger charge is 2.13. The van der Waals surface area contributed by atoms with Crippen LogP contribution in [0.2, 0.25) is 0 Å². The first-order valence-corrected chi connectivity index (χ1v) is 14.9. The van der Waals surface area contributed by atoms with Crippen molar-refractivity contribution in [2.24, 2.45) is 0 Å². The third kappa shape index (κ3) is 5.95. The van der Waals surface area contributed by atoms with E-state index in [0.29, 0.717) is 26.9 Å². The fraction of sp³-hybridized carbons (Fsp3) is 0. The zero-order valence-corrected chi connectivity index (χ0v) is 18.1. The molecule has 0 aromatic heterocycles. The van der Waals surface area contributed by atoms with Crippen LogP contribution in [0.5, 0.6) is 0 Å². The quantitative estimate of drug-likeness (QED) is 0.383. The maximum atomic E-state index is 11.2. The van der Waals surface area contributed by atoms with Crippen molar-refractivity contribution < 1.29 is 9.90 Å². The minimum Gasteiger partial charge on any atom is -0.478 e. The molecule has 0 heterocycles. The van der Waals surface area contributed by atoms with Gasteiger partial charge in [-0.05, 0) is 74.7 Å². The van der Waals surface area contributed by atoms with Crippen LogP contribution in [0.1, 0.15) is 10.4 Å². The molecular formula is C14H11Br2I2NO2. The van der Waals surface area contributed by atoms with Crippen LogP contribution in [0.4, 0.5) is 11.4 Å². The molecule has 0 radical (unpaired) electrons. The molecule has 112 valence electrons. The number of anilines is 2. The van der Waals surface area contributed by atoms with Gasteiger partial charge in [-0.25, -0.2) is 4.79 Å². The van der Waals surface area contributed by atoms with Crippen LogP contribution in [0.15, 0.2) is 51.4 Å². The molecule has 0 aliphatic heterocycles. The minimum absolute atomic E-state index is 0.222. The van der Waals surface area contributed by atoms with E-state index in [9.17, 15) is 4.79 Å². The third-order valence-electron chi connectivity index (χ3n) is 2.38. The number of carboxylic acids is 1. The molecule has 0 aliphatic carbocycles. The Morgan fingerprint density at radius 2 is 1.71 bits per heavy atom. The van der Waals surface area contributed by atoms with Gasteiger partial charge in [0.2, 0.25) is 0 Å². The lowest BCUT2D eigenvalue weighted by atomic mass is 10.1. The van der Waals surface area contributed by atoms with Crippen molar-refractivity contribution in [2.75, 3.05) is 5.32 Å². The molecule has 2 aromatic rings. The highest BCUT2D eigenvalue weighted by molar-refractivity contribution is 15.0. The predicted molar refractivity (Wildman–Crippen MR) is 114 cm³/mol. The summed E-state index contributed by atoms with van der Waals surface area (Å²) >= 11 is 9.37. The molecule has 3 nitrogen and oxygen atoms in total.